The highest BCUT2D eigenvalue weighted by Gasteiger charge is 2.20. The molecule has 0 aliphatic carbocycles. The summed E-state index contributed by atoms with van der Waals surface area (Å²) in [6.07, 6.45) is 0. The van der Waals surface area contributed by atoms with Crippen molar-refractivity contribution >= 4 is 11.6 Å². The molecule has 3 nitrogen and oxygen atoms in total. The molecule has 1 rings (SSSR count). The Labute approximate surface area is 94.3 Å². The Bertz CT molecular complexity index is 337. The normalized spacial score (nSPS) is 14.7. The molecule has 0 aliphatic rings. The smallest absolute Gasteiger partial charge is 0.122 e. The van der Waals surface area contributed by atoms with Crippen LogP contribution in [0, 0.1) is 6.92 Å². The zero-order valence-electron chi connectivity index (χ0n) is 8.83. The van der Waals surface area contributed by atoms with Crippen LogP contribution < -0.4 is 4.74 Å². The molecule has 0 radical (unpaired) electrons. The van der Waals surface area contributed by atoms with Crippen molar-refractivity contribution in [1.29, 1.82) is 0 Å². The Morgan fingerprint density at radius 3 is 2.67 bits per heavy atom. The molecule has 0 aliphatic heterocycles. The van der Waals surface area contributed by atoms with E-state index in [9.17, 15) is 5.11 Å². The Kier molecular flexibility index (Phi) is 3.97. The molecule has 2 N–H and O–H groups in total. The minimum Gasteiger partial charge on any atom is -0.490 e. The molecule has 0 saturated carbocycles. The first-order valence-electron chi connectivity index (χ1n) is 4.67. The maximum atomic E-state index is 9.53. The zero-order chi connectivity index (χ0) is 11.5. The number of aliphatic hydroxyl groups is 2. The predicted octanol–water partition coefficient (Wildman–Crippen LogP) is 1.77. The predicted molar refractivity (Wildman–Crippen MR) is 59.4 cm³/mol. The van der Waals surface area contributed by atoms with Gasteiger partial charge >= 0.3 is 0 Å². The number of hydrogen-bond acceptors (Lipinski definition) is 3. The minimum absolute atomic E-state index is 0.0476. The van der Waals surface area contributed by atoms with Gasteiger partial charge in [0.2, 0.25) is 0 Å². The Hall–Kier alpha value is -0.770. The largest absolute Gasteiger partial charge is 0.490 e. The van der Waals surface area contributed by atoms with Gasteiger partial charge in [-0.2, -0.15) is 0 Å². The molecule has 1 aromatic carbocycles. The molecule has 4 heteroatoms. The molecular weight excluding hydrogens is 216 g/mol. The molecule has 15 heavy (non-hydrogen) atoms. The molecule has 0 amide bonds. The summed E-state index contributed by atoms with van der Waals surface area (Å²) in [7, 11) is 0. The molecule has 1 aromatic rings. The van der Waals surface area contributed by atoms with Crippen LogP contribution in [-0.2, 0) is 0 Å². The van der Waals surface area contributed by atoms with Crippen LogP contribution in [0.1, 0.15) is 12.5 Å². The van der Waals surface area contributed by atoms with Crippen LogP contribution in [0.5, 0.6) is 5.75 Å². The van der Waals surface area contributed by atoms with E-state index in [4.69, 9.17) is 21.4 Å². The monoisotopic (exact) mass is 230 g/mol. The van der Waals surface area contributed by atoms with Crippen LogP contribution in [-0.4, -0.2) is 29.0 Å². The van der Waals surface area contributed by atoms with Crippen molar-refractivity contribution in [2.75, 3.05) is 13.2 Å². The van der Waals surface area contributed by atoms with E-state index in [0.717, 1.165) is 5.56 Å². The Morgan fingerprint density at radius 2 is 2.13 bits per heavy atom. The highest BCUT2D eigenvalue weighted by atomic mass is 35.5. The fraction of sp³-hybridized carbons (Fsp3) is 0.455. The van der Waals surface area contributed by atoms with Crippen LogP contribution in [0.2, 0.25) is 5.02 Å². The molecule has 0 bridgehead atoms. The van der Waals surface area contributed by atoms with E-state index in [1.54, 1.807) is 18.2 Å². The highest BCUT2D eigenvalue weighted by Crippen LogP contribution is 2.22. The van der Waals surface area contributed by atoms with E-state index < -0.39 is 5.60 Å². The van der Waals surface area contributed by atoms with Gasteiger partial charge in [0.1, 0.15) is 18.0 Å². The van der Waals surface area contributed by atoms with Gasteiger partial charge in [-0.3, -0.25) is 0 Å². The maximum Gasteiger partial charge on any atom is 0.122 e. The average molecular weight is 231 g/mol. The number of aliphatic hydroxyl groups excluding tert-OH is 1. The van der Waals surface area contributed by atoms with Gasteiger partial charge in [0.15, 0.2) is 0 Å². The lowest BCUT2D eigenvalue weighted by Crippen LogP contribution is -2.36. The van der Waals surface area contributed by atoms with Gasteiger partial charge in [0.25, 0.3) is 0 Å². The summed E-state index contributed by atoms with van der Waals surface area (Å²) in [4.78, 5) is 0. The molecule has 0 unspecified atom stereocenters. The zero-order valence-corrected chi connectivity index (χ0v) is 9.58. The first-order chi connectivity index (χ1) is 6.94. The van der Waals surface area contributed by atoms with Crippen molar-refractivity contribution in [3.05, 3.63) is 28.8 Å². The van der Waals surface area contributed by atoms with Gasteiger partial charge in [0.05, 0.1) is 6.61 Å². The SMILES string of the molecule is Cc1cc(Cl)ccc1OC[C@](C)(O)CO. The van der Waals surface area contributed by atoms with Crippen molar-refractivity contribution in [3.8, 4) is 5.75 Å². The van der Waals surface area contributed by atoms with Gasteiger partial charge in [-0.1, -0.05) is 11.6 Å². The second-order valence-electron chi connectivity index (χ2n) is 3.85. The number of hydrogen-bond donors (Lipinski definition) is 2. The molecule has 0 aromatic heterocycles. The quantitative estimate of drug-likeness (QED) is 0.829. The Morgan fingerprint density at radius 1 is 1.47 bits per heavy atom. The summed E-state index contributed by atoms with van der Waals surface area (Å²) in [6, 6.07) is 5.24. The third-order valence-corrected chi connectivity index (χ3v) is 2.25. The van der Waals surface area contributed by atoms with Gasteiger partial charge in [-0.15, -0.1) is 0 Å². The maximum absolute atomic E-state index is 9.53. The molecule has 0 fully saturated rings. The molecule has 0 heterocycles. The lowest BCUT2D eigenvalue weighted by atomic mass is 10.1. The van der Waals surface area contributed by atoms with Gasteiger partial charge in [-0.25, -0.2) is 0 Å². The summed E-state index contributed by atoms with van der Waals surface area (Å²) in [5, 5.41) is 19.0. The highest BCUT2D eigenvalue weighted by molar-refractivity contribution is 6.30. The molecule has 84 valence electrons. The van der Waals surface area contributed by atoms with Crippen molar-refractivity contribution in [2.45, 2.75) is 19.4 Å². The van der Waals surface area contributed by atoms with Gasteiger partial charge in [-0.05, 0) is 37.6 Å². The first kappa shape index (κ1) is 12.3. The summed E-state index contributed by atoms with van der Waals surface area (Å²) in [6.45, 7) is 3.10. The number of ether oxygens (including phenoxy) is 1. The lowest BCUT2D eigenvalue weighted by Gasteiger charge is -2.21. The first-order valence-corrected chi connectivity index (χ1v) is 5.04. The van der Waals surface area contributed by atoms with Crippen LogP contribution in [0.4, 0.5) is 0 Å². The van der Waals surface area contributed by atoms with Gasteiger partial charge < -0.3 is 14.9 Å². The molecular formula is C11H15ClO3. The third kappa shape index (κ3) is 3.70. The third-order valence-electron chi connectivity index (χ3n) is 2.02. The number of aryl methyl sites for hydroxylation is 1. The van der Waals surface area contributed by atoms with Crippen molar-refractivity contribution in [1.82, 2.24) is 0 Å². The van der Waals surface area contributed by atoms with E-state index in [1.165, 1.54) is 6.92 Å². The van der Waals surface area contributed by atoms with Crippen molar-refractivity contribution in [2.24, 2.45) is 0 Å². The minimum atomic E-state index is -1.22. The van der Waals surface area contributed by atoms with Crippen LogP contribution in [0.15, 0.2) is 18.2 Å². The van der Waals surface area contributed by atoms with Crippen LogP contribution in [0.25, 0.3) is 0 Å². The molecule has 1 atom stereocenters. The van der Waals surface area contributed by atoms with Crippen molar-refractivity contribution in [3.63, 3.8) is 0 Å². The van der Waals surface area contributed by atoms with Crippen LogP contribution >= 0.6 is 11.6 Å². The summed E-state index contributed by atoms with van der Waals surface area (Å²) < 4.78 is 5.38. The Balaban J connectivity index is 2.66. The number of benzene rings is 1. The van der Waals surface area contributed by atoms with E-state index >= 15 is 0 Å². The van der Waals surface area contributed by atoms with E-state index in [1.807, 2.05) is 6.92 Å². The lowest BCUT2D eigenvalue weighted by molar-refractivity contribution is -0.0326. The van der Waals surface area contributed by atoms with E-state index in [0.29, 0.717) is 10.8 Å². The fourth-order valence-electron chi connectivity index (χ4n) is 1.05. The second kappa shape index (κ2) is 4.84. The summed E-state index contributed by atoms with van der Waals surface area (Å²) in [5.74, 6) is 0.660. The molecule has 0 spiro atoms. The topological polar surface area (TPSA) is 49.7 Å². The van der Waals surface area contributed by atoms with E-state index in [2.05, 4.69) is 0 Å². The standard InChI is InChI=1S/C11H15ClO3/c1-8-5-9(12)3-4-10(8)15-7-11(2,14)6-13/h3-5,13-14H,6-7H2,1-2H3/t11-/m1/s1. The summed E-state index contributed by atoms with van der Waals surface area (Å²) >= 11 is 5.79. The van der Waals surface area contributed by atoms with Gasteiger partial charge in [0, 0.05) is 5.02 Å². The number of rotatable bonds is 4. The van der Waals surface area contributed by atoms with Crippen molar-refractivity contribution < 1.29 is 14.9 Å². The number of halogens is 1. The van der Waals surface area contributed by atoms with E-state index in [-0.39, 0.29) is 13.2 Å². The molecule has 0 saturated heterocycles. The van der Waals surface area contributed by atoms with Crippen LogP contribution in [0.3, 0.4) is 0 Å². The fourth-order valence-corrected chi connectivity index (χ4v) is 1.28. The average Bonchev–Trinajstić information content (AvgIpc) is 2.16. The summed E-state index contributed by atoms with van der Waals surface area (Å²) in [5.41, 5.74) is -0.317. The second-order valence-corrected chi connectivity index (χ2v) is 4.29.